The number of likely N-dealkylation sites (tertiary alicyclic amines) is 1. The fourth-order valence-electron chi connectivity index (χ4n) is 3.68. The van der Waals surface area contributed by atoms with E-state index in [0.29, 0.717) is 11.5 Å². The number of hydrogen-bond acceptors (Lipinski definition) is 3. The topological polar surface area (TPSA) is 42.2 Å². The van der Waals surface area contributed by atoms with E-state index in [1.165, 1.54) is 37.1 Å². The van der Waals surface area contributed by atoms with Gasteiger partial charge in [0.2, 0.25) is 0 Å². The summed E-state index contributed by atoms with van der Waals surface area (Å²) in [6.45, 7) is 6.94. The van der Waals surface area contributed by atoms with Gasteiger partial charge in [0.05, 0.1) is 0 Å². The molecule has 1 aromatic heterocycles. The van der Waals surface area contributed by atoms with Crippen LogP contribution >= 0.6 is 0 Å². The molecule has 3 nitrogen and oxygen atoms in total. The summed E-state index contributed by atoms with van der Waals surface area (Å²) in [4.78, 5) is 6.81. The summed E-state index contributed by atoms with van der Waals surface area (Å²) in [7, 11) is 0. The minimum absolute atomic E-state index is 0.213. The second-order valence-corrected chi connectivity index (χ2v) is 6.22. The SMILES string of the molecule is CC(C)N1CCC2(CC1)Cc1cnccc1[C@H]2N. The number of piperidine rings is 1. The zero-order valence-corrected chi connectivity index (χ0v) is 11.4. The lowest BCUT2D eigenvalue weighted by atomic mass is 9.73. The Morgan fingerprint density at radius 2 is 2.11 bits per heavy atom. The van der Waals surface area contributed by atoms with Gasteiger partial charge in [-0.2, -0.15) is 0 Å². The fourth-order valence-corrected chi connectivity index (χ4v) is 3.68. The van der Waals surface area contributed by atoms with Crippen molar-refractivity contribution in [2.75, 3.05) is 13.1 Å². The average Bonchev–Trinajstić information content (AvgIpc) is 2.64. The predicted molar refractivity (Wildman–Crippen MR) is 73.2 cm³/mol. The molecule has 98 valence electrons. The molecule has 18 heavy (non-hydrogen) atoms. The molecule has 0 unspecified atom stereocenters. The van der Waals surface area contributed by atoms with Gasteiger partial charge in [0, 0.05) is 24.5 Å². The Kier molecular flexibility index (Phi) is 2.91. The molecule has 1 atom stereocenters. The van der Waals surface area contributed by atoms with Gasteiger partial charge in [-0.1, -0.05) is 0 Å². The maximum Gasteiger partial charge on any atom is 0.0360 e. The molecule has 3 heteroatoms. The number of hydrogen-bond donors (Lipinski definition) is 1. The maximum atomic E-state index is 6.53. The van der Waals surface area contributed by atoms with Crippen molar-refractivity contribution in [2.24, 2.45) is 11.1 Å². The molecule has 0 amide bonds. The lowest BCUT2D eigenvalue weighted by molar-refractivity contribution is 0.0710. The molecule has 2 N–H and O–H groups in total. The van der Waals surface area contributed by atoms with Gasteiger partial charge >= 0.3 is 0 Å². The number of nitrogens with two attached hydrogens (primary N) is 1. The molecule has 0 aromatic carbocycles. The van der Waals surface area contributed by atoms with Crippen LogP contribution in [-0.2, 0) is 6.42 Å². The lowest BCUT2D eigenvalue weighted by Crippen LogP contribution is -2.46. The van der Waals surface area contributed by atoms with E-state index >= 15 is 0 Å². The Labute approximate surface area is 109 Å². The zero-order valence-electron chi connectivity index (χ0n) is 11.4. The Bertz CT molecular complexity index is 433. The minimum atomic E-state index is 0.213. The third-order valence-electron chi connectivity index (χ3n) is 5.00. The van der Waals surface area contributed by atoms with Gasteiger partial charge in [-0.3, -0.25) is 4.98 Å². The van der Waals surface area contributed by atoms with Gasteiger partial charge in [0.1, 0.15) is 0 Å². The van der Waals surface area contributed by atoms with E-state index in [2.05, 4.69) is 29.8 Å². The molecule has 0 saturated carbocycles. The van der Waals surface area contributed by atoms with Crippen LogP contribution < -0.4 is 5.73 Å². The van der Waals surface area contributed by atoms with Crippen LogP contribution in [0.4, 0.5) is 0 Å². The summed E-state index contributed by atoms with van der Waals surface area (Å²) in [5, 5.41) is 0. The number of rotatable bonds is 1. The third kappa shape index (κ3) is 1.77. The summed E-state index contributed by atoms with van der Waals surface area (Å²) in [5.41, 5.74) is 9.55. The highest BCUT2D eigenvalue weighted by Gasteiger charge is 2.45. The summed E-state index contributed by atoms with van der Waals surface area (Å²) < 4.78 is 0. The van der Waals surface area contributed by atoms with Gasteiger partial charge < -0.3 is 10.6 Å². The van der Waals surface area contributed by atoms with Crippen molar-refractivity contribution in [3.63, 3.8) is 0 Å². The highest BCUT2D eigenvalue weighted by molar-refractivity contribution is 5.36. The molecule has 3 rings (SSSR count). The largest absolute Gasteiger partial charge is 0.323 e. The van der Waals surface area contributed by atoms with Gasteiger partial charge in [0.25, 0.3) is 0 Å². The van der Waals surface area contributed by atoms with Crippen LogP contribution in [-0.4, -0.2) is 29.0 Å². The first-order chi connectivity index (χ1) is 8.62. The third-order valence-corrected chi connectivity index (χ3v) is 5.00. The Balaban J connectivity index is 1.80. The summed E-state index contributed by atoms with van der Waals surface area (Å²) in [6.07, 6.45) is 7.46. The van der Waals surface area contributed by atoms with Crippen molar-refractivity contribution in [2.45, 2.75) is 45.2 Å². The Morgan fingerprint density at radius 3 is 2.72 bits per heavy atom. The Hall–Kier alpha value is -0.930. The highest BCUT2D eigenvalue weighted by atomic mass is 15.2. The molecule has 1 aliphatic carbocycles. The molecule has 0 radical (unpaired) electrons. The number of aromatic nitrogens is 1. The fraction of sp³-hybridized carbons (Fsp3) is 0.667. The van der Waals surface area contributed by atoms with E-state index < -0.39 is 0 Å². The van der Waals surface area contributed by atoms with Crippen molar-refractivity contribution < 1.29 is 0 Å². The molecule has 1 spiro atoms. The standard InChI is InChI=1S/C15H23N3/c1-11(2)18-7-4-15(5-8-18)9-12-10-17-6-3-13(12)14(15)16/h3,6,10-11,14H,4-5,7-9,16H2,1-2H3/t14-/m1/s1. The molecular weight excluding hydrogens is 222 g/mol. The van der Waals surface area contributed by atoms with Gasteiger partial charge in [-0.25, -0.2) is 0 Å². The van der Waals surface area contributed by atoms with Crippen LogP contribution in [0.5, 0.6) is 0 Å². The highest BCUT2D eigenvalue weighted by Crippen LogP contribution is 2.50. The molecule has 1 aromatic rings. The zero-order chi connectivity index (χ0) is 12.8. The number of nitrogens with zero attached hydrogens (tertiary/aromatic N) is 2. The van der Waals surface area contributed by atoms with E-state index in [1.807, 2.05) is 12.4 Å². The van der Waals surface area contributed by atoms with Crippen molar-refractivity contribution >= 4 is 0 Å². The molecule has 1 saturated heterocycles. The number of fused-ring (bicyclic) bond motifs is 1. The minimum Gasteiger partial charge on any atom is -0.323 e. The van der Waals surface area contributed by atoms with Gasteiger partial charge in [-0.15, -0.1) is 0 Å². The van der Waals surface area contributed by atoms with Crippen LogP contribution in [0.3, 0.4) is 0 Å². The Morgan fingerprint density at radius 1 is 1.39 bits per heavy atom. The molecule has 2 aliphatic rings. The summed E-state index contributed by atoms with van der Waals surface area (Å²) in [6, 6.07) is 2.98. The molecule has 1 fully saturated rings. The molecular formula is C15H23N3. The molecule has 0 bridgehead atoms. The van der Waals surface area contributed by atoms with Crippen molar-refractivity contribution in [3.8, 4) is 0 Å². The van der Waals surface area contributed by atoms with Crippen LogP contribution in [0.2, 0.25) is 0 Å². The molecule has 1 aliphatic heterocycles. The quantitative estimate of drug-likeness (QED) is 0.824. The lowest BCUT2D eigenvalue weighted by Gasteiger charge is -2.43. The number of pyridine rings is 1. The summed E-state index contributed by atoms with van der Waals surface area (Å²) >= 11 is 0. The van der Waals surface area contributed by atoms with Crippen molar-refractivity contribution in [1.29, 1.82) is 0 Å². The van der Waals surface area contributed by atoms with E-state index in [0.717, 1.165) is 6.42 Å². The van der Waals surface area contributed by atoms with Gasteiger partial charge in [0.15, 0.2) is 0 Å². The maximum absolute atomic E-state index is 6.53. The normalized spacial score (nSPS) is 26.8. The van der Waals surface area contributed by atoms with E-state index in [1.54, 1.807) is 0 Å². The monoisotopic (exact) mass is 245 g/mol. The first-order valence-corrected chi connectivity index (χ1v) is 7.05. The van der Waals surface area contributed by atoms with Crippen LogP contribution in [0.25, 0.3) is 0 Å². The first-order valence-electron chi connectivity index (χ1n) is 7.05. The van der Waals surface area contributed by atoms with Crippen LogP contribution in [0.1, 0.15) is 43.9 Å². The van der Waals surface area contributed by atoms with Gasteiger partial charge in [-0.05, 0) is 68.8 Å². The van der Waals surface area contributed by atoms with Crippen LogP contribution in [0, 0.1) is 5.41 Å². The van der Waals surface area contributed by atoms with E-state index in [9.17, 15) is 0 Å². The molecule has 2 heterocycles. The van der Waals surface area contributed by atoms with E-state index in [-0.39, 0.29) is 6.04 Å². The predicted octanol–water partition coefficient (Wildman–Crippen LogP) is 2.13. The smallest absolute Gasteiger partial charge is 0.0360 e. The van der Waals surface area contributed by atoms with E-state index in [4.69, 9.17) is 5.73 Å². The second kappa shape index (κ2) is 4.32. The van der Waals surface area contributed by atoms with Crippen molar-refractivity contribution in [1.82, 2.24) is 9.88 Å². The second-order valence-electron chi connectivity index (χ2n) is 6.22. The first kappa shape index (κ1) is 12.1. The van der Waals surface area contributed by atoms with Crippen LogP contribution in [0.15, 0.2) is 18.5 Å². The average molecular weight is 245 g/mol. The van der Waals surface area contributed by atoms with Crippen molar-refractivity contribution in [3.05, 3.63) is 29.6 Å². The summed E-state index contributed by atoms with van der Waals surface area (Å²) in [5.74, 6) is 0.